The van der Waals surface area contributed by atoms with Crippen LogP contribution in [0, 0.1) is 0 Å². The Morgan fingerprint density at radius 3 is 1.07 bits per heavy atom. The molecule has 0 atom stereocenters. The van der Waals surface area contributed by atoms with Crippen molar-refractivity contribution in [2.75, 3.05) is 0 Å². The highest BCUT2D eigenvalue weighted by atomic mass is 15.2. The highest BCUT2D eigenvalue weighted by Crippen LogP contribution is 2.31. The fourth-order valence-electron chi connectivity index (χ4n) is 4.03. The van der Waals surface area contributed by atoms with Gasteiger partial charge >= 0.3 is 0 Å². The van der Waals surface area contributed by atoms with E-state index >= 15 is 0 Å². The Labute approximate surface area is 153 Å². The molecule has 0 radical (unpaired) electrons. The predicted octanol–water partition coefficient (Wildman–Crippen LogP) is 3.99. The molecule has 0 aliphatic carbocycles. The van der Waals surface area contributed by atoms with Crippen molar-refractivity contribution in [3.05, 3.63) is 73.8 Å². The normalized spacial score (nSPS) is 11.9. The third kappa shape index (κ3) is 1.95. The summed E-state index contributed by atoms with van der Waals surface area (Å²) < 4.78 is 4.63. The Morgan fingerprint density at radius 2 is 0.778 bits per heavy atom. The average molecular weight is 350 g/mol. The van der Waals surface area contributed by atoms with Crippen LogP contribution in [-0.2, 0) is 6.67 Å². The van der Waals surface area contributed by atoms with Crippen LogP contribution in [0.4, 0.5) is 0 Å². The third-order valence-corrected chi connectivity index (χ3v) is 5.22. The van der Waals surface area contributed by atoms with E-state index in [9.17, 15) is 0 Å². The largest absolute Gasteiger partial charge is 0.321 e. The van der Waals surface area contributed by atoms with Gasteiger partial charge in [0, 0.05) is 71.1 Å². The molecule has 0 fully saturated rings. The van der Waals surface area contributed by atoms with Crippen molar-refractivity contribution in [3.8, 4) is 0 Å². The molecule has 0 aromatic carbocycles. The fourth-order valence-corrected chi connectivity index (χ4v) is 4.03. The van der Waals surface area contributed by atoms with Crippen molar-refractivity contribution in [1.82, 2.24) is 29.1 Å². The van der Waals surface area contributed by atoms with Gasteiger partial charge in [0.15, 0.2) is 0 Å². The summed E-state index contributed by atoms with van der Waals surface area (Å²) in [6.45, 7) is 0.683. The van der Waals surface area contributed by atoms with Crippen molar-refractivity contribution in [1.29, 1.82) is 0 Å². The molecule has 6 nitrogen and oxygen atoms in total. The predicted molar refractivity (Wildman–Crippen MR) is 105 cm³/mol. The molecule has 0 bridgehead atoms. The minimum absolute atomic E-state index is 0.683. The van der Waals surface area contributed by atoms with E-state index in [1.54, 1.807) is 0 Å². The van der Waals surface area contributed by atoms with Crippen LogP contribution in [0.3, 0.4) is 0 Å². The van der Waals surface area contributed by atoms with Crippen LogP contribution in [0.25, 0.3) is 43.6 Å². The molecule has 0 spiro atoms. The van der Waals surface area contributed by atoms with Crippen LogP contribution in [0.2, 0.25) is 0 Å². The smallest absolute Gasteiger partial charge is 0.100 e. The molecule has 0 N–H and O–H groups in total. The van der Waals surface area contributed by atoms with E-state index in [4.69, 9.17) is 0 Å². The number of hydrogen-bond acceptors (Lipinski definition) is 4. The molecular formula is C21H14N6. The van der Waals surface area contributed by atoms with Crippen LogP contribution in [0.5, 0.6) is 0 Å². The highest BCUT2D eigenvalue weighted by Gasteiger charge is 2.15. The number of hydrogen-bond donors (Lipinski definition) is 0. The second kappa shape index (κ2) is 5.35. The number of pyridine rings is 4. The van der Waals surface area contributed by atoms with E-state index in [1.807, 2.05) is 49.6 Å². The maximum absolute atomic E-state index is 4.31. The molecular weight excluding hydrogens is 336 g/mol. The molecule has 6 heterocycles. The van der Waals surface area contributed by atoms with E-state index in [-0.39, 0.29) is 0 Å². The number of rotatable bonds is 2. The summed E-state index contributed by atoms with van der Waals surface area (Å²) in [4.78, 5) is 17.2. The van der Waals surface area contributed by atoms with Gasteiger partial charge in [0.05, 0.1) is 22.1 Å². The van der Waals surface area contributed by atoms with E-state index in [1.165, 1.54) is 0 Å². The van der Waals surface area contributed by atoms with Gasteiger partial charge in [0.2, 0.25) is 0 Å². The zero-order valence-electron chi connectivity index (χ0n) is 14.3. The molecule has 128 valence electrons. The van der Waals surface area contributed by atoms with Gasteiger partial charge in [-0.3, -0.25) is 19.9 Å². The molecule has 0 unspecified atom stereocenters. The van der Waals surface area contributed by atoms with Crippen molar-refractivity contribution in [2.45, 2.75) is 6.67 Å². The molecule has 6 aromatic heterocycles. The summed E-state index contributed by atoms with van der Waals surface area (Å²) in [7, 11) is 0. The zero-order chi connectivity index (χ0) is 17.8. The summed E-state index contributed by atoms with van der Waals surface area (Å²) >= 11 is 0. The molecule has 0 aliphatic rings. The summed E-state index contributed by atoms with van der Waals surface area (Å²) in [5.41, 5.74) is 4.58. The molecule has 6 heteroatoms. The van der Waals surface area contributed by atoms with Crippen LogP contribution in [0.1, 0.15) is 0 Å². The SMILES string of the molecule is c1cc2c(cn1)c1cnccc1n2Cn1c2ccncc2c2cnccc21. The quantitative estimate of drug-likeness (QED) is 0.474. The van der Waals surface area contributed by atoms with Crippen LogP contribution in [-0.4, -0.2) is 29.1 Å². The standard InChI is InChI=1S/C21H14N6/c1-5-22-9-14-15-10-23-6-2-19(15)26(18(1)14)13-27-20-3-7-24-11-16(20)17-12-25-8-4-21(17)27/h1-12H,13H2. The van der Waals surface area contributed by atoms with Gasteiger partial charge in [-0.15, -0.1) is 0 Å². The summed E-state index contributed by atoms with van der Waals surface area (Å²) in [6.07, 6.45) is 15.0. The molecule has 0 aliphatic heterocycles. The van der Waals surface area contributed by atoms with Crippen molar-refractivity contribution in [3.63, 3.8) is 0 Å². The first kappa shape index (κ1) is 14.4. The summed E-state index contributed by atoms with van der Waals surface area (Å²) in [6, 6.07) is 8.25. The van der Waals surface area contributed by atoms with Crippen molar-refractivity contribution in [2.24, 2.45) is 0 Å². The Morgan fingerprint density at radius 1 is 0.481 bits per heavy atom. The van der Waals surface area contributed by atoms with Crippen LogP contribution in [0.15, 0.2) is 73.8 Å². The van der Waals surface area contributed by atoms with Crippen molar-refractivity contribution < 1.29 is 0 Å². The minimum Gasteiger partial charge on any atom is -0.321 e. The minimum atomic E-state index is 0.683. The highest BCUT2D eigenvalue weighted by molar-refractivity contribution is 6.08. The monoisotopic (exact) mass is 350 g/mol. The summed E-state index contributed by atoms with van der Waals surface area (Å²) in [5.74, 6) is 0. The second-order valence-electron chi connectivity index (χ2n) is 6.57. The Balaban J connectivity index is 1.70. The topological polar surface area (TPSA) is 61.4 Å². The first-order chi connectivity index (χ1) is 13.4. The first-order valence-electron chi connectivity index (χ1n) is 8.74. The van der Waals surface area contributed by atoms with Crippen molar-refractivity contribution >= 4 is 43.6 Å². The van der Waals surface area contributed by atoms with E-state index in [0.717, 1.165) is 43.6 Å². The summed E-state index contributed by atoms with van der Waals surface area (Å²) in [5, 5.41) is 4.46. The Bertz CT molecular complexity index is 1240. The Hall–Kier alpha value is -3.80. The lowest BCUT2D eigenvalue weighted by Gasteiger charge is -2.11. The van der Waals surface area contributed by atoms with Gasteiger partial charge in [0.1, 0.15) is 6.67 Å². The van der Waals surface area contributed by atoms with E-state index < -0.39 is 0 Å². The lowest BCUT2D eigenvalue weighted by Crippen LogP contribution is -2.07. The third-order valence-electron chi connectivity index (χ3n) is 5.22. The lowest BCUT2D eigenvalue weighted by atomic mass is 10.2. The van der Waals surface area contributed by atoms with Gasteiger partial charge in [0.25, 0.3) is 0 Å². The van der Waals surface area contributed by atoms with E-state index in [0.29, 0.717) is 6.67 Å². The maximum Gasteiger partial charge on any atom is 0.100 e. The molecule has 0 saturated heterocycles. The van der Waals surface area contributed by atoms with Crippen LogP contribution < -0.4 is 0 Å². The number of fused-ring (bicyclic) bond motifs is 6. The van der Waals surface area contributed by atoms with E-state index in [2.05, 4.69) is 53.3 Å². The molecule has 27 heavy (non-hydrogen) atoms. The molecule has 6 aromatic rings. The number of aromatic nitrogens is 6. The first-order valence-corrected chi connectivity index (χ1v) is 8.74. The molecule has 0 saturated carbocycles. The Kier molecular flexibility index (Phi) is 2.85. The maximum atomic E-state index is 4.31. The average Bonchev–Trinajstić information content (AvgIpc) is 3.23. The van der Waals surface area contributed by atoms with Crippen LogP contribution >= 0.6 is 0 Å². The van der Waals surface area contributed by atoms with Gasteiger partial charge in [-0.2, -0.15) is 0 Å². The van der Waals surface area contributed by atoms with Gasteiger partial charge in [-0.25, -0.2) is 0 Å². The van der Waals surface area contributed by atoms with Gasteiger partial charge in [-0.05, 0) is 24.3 Å². The van der Waals surface area contributed by atoms with Gasteiger partial charge in [-0.1, -0.05) is 0 Å². The second-order valence-corrected chi connectivity index (χ2v) is 6.57. The molecule has 6 rings (SSSR count). The van der Waals surface area contributed by atoms with Gasteiger partial charge < -0.3 is 9.13 Å². The molecule has 0 amide bonds. The zero-order valence-corrected chi connectivity index (χ0v) is 14.3. The fraction of sp³-hybridized carbons (Fsp3) is 0.0476. The number of nitrogens with zero attached hydrogens (tertiary/aromatic N) is 6. The lowest BCUT2D eigenvalue weighted by molar-refractivity contribution is 0.682.